The van der Waals surface area contributed by atoms with E-state index >= 15 is 0 Å². The Balaban J connectivity index is 3.22. The summed E-state index contributed by atoms with van der Waals surface area (Å²) in [7, 11) is -1.98. The molecule has 1 heterocycles. The lowest BCUT2D eigenvalue weighted by Crippen LogP contribution is -2.37. The zero-order valence-corrected chi connectivity index (χ0v) is 13.0. The summed E-state index contributed by atoms with van der Waals surface area (Å²) in [4.78, 5) is 0.175. The van der Waals surface area contributed by atoms with Gasteiger partial charge in [-0.1, -0.05) is 27.7 Å². The predicted octanol–water partition coefficient (Wildman–Crippen LogP) is 0.767. The molecule has 0 aliphatic heterocycles. The molecular weight excluding hydrogens is 266 g/mol. The molecule has 0 radical (unpaired) electrons. The van der Waals surface area contributed by atoms with Crippen molar-refractivity contribution in [3.63, 3.8) is 0 Å². The Morgan fingerprint density at radius 3 is 2.47 bits per heavy atom. The van der Waals surface area contributed by atoms with Crippen LogP contribution in [0.15, 0.2) is 11.1 Å². The highest BCUT2D eigenvalue weighted by atomic mass is 32.2. The Hall–Kier alpha value is -0.920. The van der Waals surface area contributed by atoms with Crippen LogP contribution in [0, 0.1) is 0 Å². The summed E-state index contributed by atoms with van der Waals surface area (Å²) in [5.41, 5.74) is 0.155. The van der Waals surface area contributed by atoms with Gasteiger partial charge in [-0.3, -0.25) is 4.68 Å². The van der Waals surface area contributed by atoms with Gasteiger partial charge in [-0.25, -0.2) is 13.1 Å². The molecule has 2 N–H and O–H groups in total. The molecule has 0 saturated carbocycles. The second kappa shape index (κ2) is 5.60. The molecule has 1 aromatic rings. The van der Waals surface area contributed by atoms with Crippen molar-refractivity contribution in [1.82, 2.24) is 14.5 Å². The van der Waals surface area contributed by atoms with Crippen molar-refractivity contribution in [3.8, 4) is 0 Å². The van der Waals surface area contributed by atoms with Gasteiger partial charge in [0.05, 0.1) is 12.3 Å². The van der Waals surface area contributed by atoms with Gasteiger partial charge in [-0.2, -0.15) is 5.10 Å². The summed E-state index contributed by atoms with van der Waals surface area (Å²) in [6, 6.07) is -0.474. The van der Waals surface area contributed by atoms with E-state index in [-0.39, 0.29) is 16.9 Å². The Kier molecular flexibility index (Phi) is 4.76. The molecule has 0 aliphatic carbocycles. The van der Waals surface area contributed by atoms with Gasteiger partial charge in [-0.15, -0.1) is 0 Å². The van der Waals surface area contributed by atoms with Gasteiger partial charge in [0, 0.05) is 24.7 Å². The zero-order chi connectivity index (χ0) is 14.8. The average Bonchev–Trinajstić information content (AvgIpc) is 2.69. The molecule has 19 heavy (non-hydrogen) atoms. The largest absolute Gasteiger partial charge is 0.395 e. The number of hydrogen-bond donors (Lipinski definition) is 2. The first-order valence-electron chi connectivity index (χ1n) is 6.29. The highest BCUT2D eigenvalue weighted by Crippen LogP contribution is 2.27. The maximum Gasteiger partial charge on any atom is 0.244 e. The van der Waals surface area contributed by atoms with Crippen LogP contribution >= 0.6 is 0 Å². The number of aliphatic hydroxyl groups excluding tert-OH is 1. The van der Waals surface area contributed by atoms with E-state index in [0.29, 0.717) is 12.1 Å². The second-order valence-electron chi connectivity index (χ2n) is 5.67. The zero-order valence-electron chi connectivity index (χ0n) is 12.1. The third-order valence-electron chi connectivity index (χ3n) is 2.83. The minimum atomic E-state index is -3.67. The van der Waals surface area contributed by atoms with E-state index in [0.717, 1.165) is 0 Å². The van der Waals surface area contributed by atoms with Crippen molar-refractivity contribution in [3.05, 3.63) is 11.9 Å². The van der Waals surface area contributed by atoms with E-state index in [1.807, 2.05) is 27.7 Å². The number of hydrogen-bond acceptors (Lipinski definition) is 4. The summed E-state index contributed by atoms with van der Waals surface area (Å²) < 4.78 is 28.7. The van der Waals surface area contributed by atoms with E-state index < -0.39 is 16.1 Å². The van der Waals surface area contributed by atoms with Crippen LogP contribution in [0.2, 0.25) is 0 Å². The highest BCUT2D eigenvalue weighted by Gasteiger charge is 2.30. The minimum absolute atomic E-state index is 0.175. The molecule has 110 valence electrons. The molecule has 7 heteroatoms. The van der Waals surface area contributed by atoms with E-state index in [9.17, 15) is 8.42 Å². The lowest BCUT2D eigenvalue weighted by Gasteiger charge is -2.19. The first-order valence-corrected chi connectivity index (χ1v) is 7.77. The van der Waals surface area contributed by atoms with Crippen molar-refractivity contribution in [2.75, 3.05) is 6.61 Å². The molecule has 6 nitrogen and oxygen atoms in total. The van der Waals surface area contributed by atoms with Crippen LogP contribution in [-0.2, 0) is 22.5 Å². The summed E-state index contributed by atoms with van der Waals surface area (Å²) in [5.74, 6) is 0. The normalized spacial score (nSPS) is 14.6. The van der Waals surface area contributed by atoms with Crippen molar-refractivity contribution in [2.24, 2.45) is 7.05 Å². The lowest BCUT2D eigenvalue weighted by atomic mass is 9.92. The number of nitrogens with zero attached hydrogens (tertiary/aromatic N) is 2. The molecule has 0 saturated heterocycles. The van der Waals surface area contributed by atoms with Crippen LogP contribution < -0.4 is 4.72 Å². The standard InChI is InChI=1S/C12H23N3O3S/c1-6-9(8-16)14-19(17,18)10-7-15(5)13-11(10)12(2,3)4/h7,9,14,16H,6,8H2,1-5H3. The quantitative estimate of drug-likeness (QED) is 0.838. The average molecular weight is 289 g/mol. The van der Waals surface area contributed by atoms with Crippen LogP contribution in [0.3, 0.4) is 0 Å². The third kappa shape index (κ3) is 3.77. The number of nitrogens with one attached hydrogen (secondary N) is 1. The smallest absolute Gasteiger partial charge is 0.244 e. The van der Waals surface area contributed by atoms with Gasteiger partial charge in [-0.05, 0) is 6.42 Å². The molecule has 0 amide bonds. The topological polar surface area (TPSA) is 84.2 Å². The first kappa shape index (κ1) is 16.1. The Morgan fingerprint density at radius 2 is 2.05 bits per heavy atom. The second-order valence-corrected chi connectivity index (χ2v) is 7.36. The van der Waals surface area contributed by atoms with Crippen molar-refractivity contribution < 1.29 is 13.5 Å². The molecule has 1 rings (SSSR count). The molecule has 1 aromatic heterocycles. The molecule has 0 aromatic carbocycles. The summed E-state index contributed by atoms with van der Waals surface area (Å²) >= 11 is 0. The predicted molar refractivity (Wildman–Crippen MR) is 73.4 cm³/mol. The van der Waals surface area contributed by atoms with Gasteiger partial charge < -0.3 is 5.11 Å². The fourth-order valence-electron chi connectivity index (χ4n) is 1.72. The fourth-order valence-corrected chi connectivity index (χ4v) is 3.42. The molecule has 0 aliphatic rings. The van der Waals surface area contributed by atoms with Gasteiger partial charge >= 0.3 is 0 Å². The molecule has 0 bridgehead atoms. The Bertz CT molecular complexity index is 525. The summed E-state index contributed by atoms with van der Waals surface area (Å²) in [6.45, 7) is 7.34. The third-order valence-corrected chi connectivity index (χ3v) is 4.35. The van der Waals surface area contributed by atoms with Crippen LogP contribution in [-0.4, -0.2) is 36.0 Å². The van der Waals surface area contributed by atoms with Gasteiger partial charge in [0.2, 0.25) is 10.0 Å². The molecule has 1 unspecified atom stereocenters. The number of rotatable bonds is 5. The van der Waals surface area contributed by atoms with Crippen LogP contribution in [0.4, 0.5) is 0 Å². The van der Waals surface area contributed by atoms with Gasteiger partial charge in [0.1, 0.15) is 4.90 Å². The van der Waals surface area contributed by atoms with Gasteiger partial charge in [0.15, 0.2) is 0 Å². The fraction of sp³-hybridized carbons (Fsp3) is 0.750. The van der Waals surface area contributed by atoms with Crippen LogP contribution in [0.5, 0.6) is 0 Å². The molecule has 0 fully saturated rings. The van der Waals surface area contributed by atoms with Crippen molar-refractivity contribution in [1.29, 1.82) is 0 Å². The Labute approximate surface area is 114 Å². The van der Waals surface area contributed by atoms with Crippen molar-refractivity contribution >= 4 is 10.0 Å². The maximum atomic E-state index is 12.4. The number of sulfonamides is 1. The minimum Gasteiger partial charge on any atom is -0.395 e. The van der Waals surface area contributed by atoms with E-state index in [2.05, 4.69) is 9.82 Å². The van der Waals surface area contributed by atoms with E-state index in [4.69, 9.17) is 5.11 Å². The van der Waals surface area contributed by atoms with Crippen LogP contribution in [0.25, 0.3) is 0 Å². The van der Waals surface area contributed by atoms with Crippen LogP contribution in [0.1, 0.15) is 39.8 Å². The number of aliphatic hydroxyl groups is 1. The maximum absolute atomic E-state index is 12.4. The molecule has 0 spiro atoms. The highest BCUT2D eigenvalue weighted by molar-refractivity contribution is 7.89. The van der Waals surface area contributed by atoms with E-state index in [1.54, 1.807) is 7.05 Å². The van der Waals surface area contributed by atoms with E-state index in [1.165, 1.54) is 10.9 Å². The number of aromatic nitrogens is 2. The molecular formula is C12H23N3O3S. The van der Waals surface area contributed by atoms with Gasteiger partial charge in [0.25, 0.3) is 0 Å². The first-order chi connectivity index (χ1) is 8.61. The summed E-state index contributed by atoms with van der Waals surface area (Å²) in [6.07, 6.45) is 2.02. The molecule has 1 atom stereocenters. The number of aryl methyl sites for hydroxylation is 1. The SMILES string of the molecule is CCC(CO)NS(=O)(=O)c1cn(C)nc1C(C)(C)C. The summed E-state index contributed by atoms with van der Waals surface area (Å²) in [5, 5.41) is 13.4. The lowest BCUT2D eigenvalue weighted by molar-refractivity contribution is 0.253. The van der Waals surface area contributed by atoms with Crippen molar-refractivity contribution in [2.45, 2.75) is 50.5 Å². The Morgan fingerprint density at radius 1 is 1.47 bits per heavy atom. The monoisotopic (exact) mass is 289 g/mol.